The second kappa shape index (κ2) is 7.40. The van der Waals surface area contributed by atoms with Gasteiger partial charge in [0.2, 0.25) is 0 Å². The third kappa shape index (κ3) is 4.55. The van der Waals surface area contributed by atoms with E-state index in [1.54, 1.807) is 0 Å². The number of nitriles is 1. The molecule has 0 aromatic carbocycles. The lowest BCUT2D eigenvalue weighted by Gasteiger charge is -2.20. The Labute approximate surface area is 93.2 Å². The lowest BCUT2D eigenvalue weighted by atomic mass is 10.1. The molecule has 0 aromatic rings. The highest BCUT2D eigenvalue weighted by Gasteiger charge is 2.17. The van der Waals surface area contributed by atoms with Gasteiger partial charge in [-0.1, -0.05) is 39.5 Å². The van der Waals surface area contributed by atoms with Gasteiger partial charge >= 0.3 is 0 Å². The quantitative estimate of drug-likeness (QED) is 0.660. The Balaban J connectivity index is 4.23. The van der Waals surface area contributed by atoms with Gasteiger partial charge in [-0.2, -0.15) is 5.26 Å². The van der Waals surface area contributed by atoms with Crippen molar-refractivity contribution in [3.8, 4) is 6.07 Å². The van der Waals surface area contributed by atoms with Crippen molar-refractivity contribution >= 4 is 18.7 Å². The molecule has 2 nitrogen and oxygen atoms in total. The minimum Gasteiger partial charge on any atom is -0.335 e. The molecular weight excluding hydrogens is 213 g/mol. The van der Waals surface area contributed by atoms with Gasteiger partial charge in [0, 0.05) is 5.66 Å². The SMILES string of the molecule is CCC(CC)[PH](=S)OC(C#N)C(C)C. The van der Waals surface area contributed by atoms with Crippen LogP contribution in [0, 0.1) is 17.2 Å². The van der Waals surface area contributed by atoms with Crippen LogP contribution in [0.4, 0.5) is 0 Å². The maximum absolute atomic E-state index is 8.87. The predicted molar refractivity (Wildman–Crippen MR) is 65.4 cm³/mol. The van der Waals surface area contributed by atoms with Crippen LogP contribution in [0.2, 0.25) is 0 Å². The average Bonchev–Trinajstić information content (AvgIpc) is 2.15. The van der Waals surface area contributed by atoms with Crippen LogP contribution in [-0.2, 0) is 16.3 Å². The Morgan fingerprint density at radius 1 is 1.36 bits per heavy atom. The van der Waals surface area contributed by atoms with Gasteiger partial charge in [0.1, 0.15) is 0 Å². The minimum absolute atomic E-state index is 0.234. The van der Waals surface area contributed by atoms with Crippen LogP contribution in [-0.4, -0.2) is 11.8 Å². The number of hydrogen-bond donors (Lipinski definition) is 0. The fourth-order valence-corrected chi connectivity index (χ4v) is 3.90. The van der Waals surface area contributed by atoms with E-state index in [-0.39, 0.29) is 12.0 Å². The Bertz CT molecular complexity index is 221. The first-order valence-electron chi connectivity index (χ1n) is 5.16. The number of hydrogen-bond acceptors (Lipinski definition) is 3. The molecule has 0 N–H and O–H groups in total. The van der Waals surface area contributed by atoms with Gasteiger partial charge in [0.15, 0.2) is 6.10 Å². The standard InChI is InChI=1S/C10H20NOPS/c1-5-9(6-2)13(14)12-10(7-11)8(3)4/h8-10,13H,5-6H2,1-4H3. The van der Waals surface area contributed by atoms with E-state index in [1.807, 2.05) is 13.8 Å². The van der Waals surface area contributed by atoms with Crippen molar-refractivity contribution < 1.29 is 4.52 Å². The molecule has 0 saturated heterocycles. The summed E-state index contributed by atoms with van der Waals surface area (Å²) in [5.41, 5.74) is 0.490. The van der Waals surface area contributed by atoms with Crippen molar-refractivity contribution in [2.75, 3.05) is 0 Å². The molecule has 0 spiro atoms. The third-order valence-electron chi connectivity index (χ3n) is 2.29. The molecule has 2 unspecified atom stereocenters. The van der Waals surface area contributed by atoms with E-state index in [0.29, 0.717) is 5.66 Å². The van der Waals surface area contributed by atoms with Crippen LogP contribution >= 0.6 is 6.92 Å². The number of rotatable bonds is 6. The smallest absolute Gasteiger partial charge is 0.151 e. The summed E-state index contributed by atoms with van der Waals surface area (Å²) < 4.78 is 5.66. The Morgan fingerprint density at radius 2 is 1.86 bits per heavy atom. The largest absolute Gasteiger partial charge is 0.335 e. The molecule has 0 bridgehead atoms. The fraction of sp³-hybridized carbons (Fsp3) is 0.900. The summed E-state index contributed by atoms with van der Waals surface area (Å²) in [5.74, 6) is 0.234. The first-order valence-corrected chi connectivity index (χ1v) is 7.78. The summed E-state index contributed by atoms with van der Waals surface area (Å²) in [4.78, 5) is 0. The predicted octanol–water partition coefficient (Wildman–Crippen LogP) is 3.33. The maximum Gasteiger partial charge on any atom is 0.151 e. The zero-order valence-corrected chi connectivity index (χ0v) is 11.2. The van der Waals surface area contributed by atoms with Crippen molar-refractivity contribution in [2.45, 2.75) is 52.3 Å². The fourth-order valence-electron chi connectivity index (χ4n) is 1.15. The summed E-state index contributed by atoms with van der Waals surface area (Å²) in [6.45, 7) is 7.02. The molecule has 82 valence electrons. The van der Waals surface area contributed by atoms with Gasteiger partial charge in [0.05, 0.1) is 13.0 Å². The monoisotopic (exact) mass is 233 g/mol. The Hall–Kier alpha value is 0.100. The van der Waals surface area contributed by atoms with Crippen molar-refractivity contribution in [1.29, 1.82) is 5.26 Å². The van der Waals surface area contributed by atoms with Crippen molar-refractivity contribution in [2.24, 2.45) is 5.92 Å². The zero-order valence-electron chi connectivity index (χ0n) is 9.41. The van der Waals surface area contributed by atoms with E-state index in [1.165, 1.54) is 0 Å². The lowest BCUT2D eigenvalue weighted by Crippen LogP contribution is -2.16. The summed E-state index contributed by atoms with van der Waals surface area (Å²) in [7, 11) is 0. The molecule has 0 rings (SSSR count). The van der Waals surface area contributed by atoms with Crippen LogP contribution in [0.3, 0.4) is 0 Å². The molecule has 0 radical (unpaired) electrons. The molecule has 4 heteroatoms. The van der Waals surface area contributed by atoms with E-state index >= 15 is 0 Å². The number of nitrogens with zero attached hydrogens (tertiary/aromatic N) is 1. The Kier molecular flexibility index (Phi) is 7.45. The topological polar surface area (TPSA) is 33.0 Å². The van der Waals surface area contributed by atoms with Gasteiger partial charge in [0.25, 0.3) is 0 Å². The van der Waals surface area contributed by atoms with Gasteiger partial charge in [-0.25, -0.2) is 0 Å². The molecule has 2 atom stereocenters. The van der Waals surface area contributed by atoms with Crippen molar-refractivity contribution in [3.05, 3.63) is 0 Å². The first-order chi connectivity index (χ1) is 6.56. The molecular formula is C10H20NOPS. The summed E-state index contributed by atoms with van der Waals surface area (Å²) in [6.07, 6.45) is 1.80. The minimum atomic E-state index is -1.22. The molecule has 0 heterocycles. The van der Waals surface area contributed by atoms with Crippen LogP contribution in [0.15, 0.2) is 0 Å². The van der Waals surface area contributed by atoms with Gasteiger partial charge in [-0.3, -0.25) is 0 Å². The van der Waals surface area contributed by atoms with Crippen LogP contribution < -0.4 is 0 Å². The highest BCUT2D eigenvalue weighted by Crippen LogP contribution is 2.36. The van der Waals surface area contributed by atoms with Gasteiger partial charge in [-0.05, 0) is 18.8 Å². The van der Waals surface area contributed by atoms with E-state index in [2.05, 4.69) is 19.9 Å². The molecule has 14 heavy (non-hydrogen) atoms. The molecule has 0 aliphatic heterocycles. The normalized spacial score (nSPS) is 15.5. The molecule has 0 aliphatic carbocycles. The van der Waals surface area contributed by atoms with Crippen molar-refractivity contribution in [3.63, 3.8) is 0 Å². The maximum atomic E-state index is 8.87. The van der Waals surface area contributed by atoms with Crippen LogP contribution in [0.25, 0.3) is 0 Å². The second-order valence-electron chi connectivity index (χ2n) is 3.74. The first kappa shape index (κ1) is 14.1. The Morgan fingerprint density at radius 3 is 2.14 bits per heavy atom. The molecule has 0 aromatic heterocycles. The lowest BCUT2D eigenvalue weighted by molar-refractivity contribution is 0.230. The second-order valence-corrected chi connectivity index (χ2v) is 6.64. The molecule has 0 aliphatic rings. The van der Waals surface area contributed by atoms with Crippen LogP contribution in [0.1, 0.15) is 40.5 Å². The van der Waals surface area contributed by atoms with E-state index < -0.39 is 6.92 Å². The molecule has 0 saturated carbocycles. The van der Waals surface area contributed by atoms with Crippen LogP contribution in [0.5, 0.6) is 0 Å². The van der Waals surface area contributed by atoms with E-state index in [4.69, 9.17) is 21.6 Å². The average molecular weight is 233 g/mol. The summed E-state index contributed by atoms with van der Waals surface area (Å²) >= 11 is 5.35. The molecule has 0 amide bonds. The summed E-state index contributed by atoms with van der Waals surface area (Å²) in [5, 5.41) is 8.87. The van der Waals surface area contributed by atoms with E-state index in [0.717, 1.165) is 12.8 Å². The third-order valence-corrected chi connectivity index (χ3v) is 5.55. The summed E-state index contributed by atoms with van der Waals surface area (Å²) in [6, 6.07) is 2.17. The van der Waals surface area contributed by atoms with E-state index in [9.17, 15) is 0 Å². The zero-order chi connectivity index (χ0) is 11.1. The van der Waals surface area contributed by atoms with Gasteiger partial charge < -0.3 is 4.52 Å². The highest BCUT2D eigenvalue weighted by atomic mass is 32.4. The highest BCUT2D eigenvalue weighted by molar-refractivity contribution is 8.03. The van der Waals surface area contributed by atoms with Gasteiger partial charge in [-0.15, -0.1) is 0 Å². The van der Waals surface area contributed by atoms with Crippen molar-refractivity contribution in [1.82, 2.24) is 0 Å². The molecule has 0 fully saturated rings.